The Kier molecular flexibility index (Phi) is 2.85. The van der Waals surface area contributed by atoms with Gasteiger partial charge < -0.3 is 25.6 Å². The number of hydrogen-bond acceptors (Lipinski definition) is 7. The van der Waals surface area contributed by atoms with E-state index in [2.05, 4.69) is 15.0 Å². The molecule has 0 amide bonds. The highest BCUT2D eigenvalue weighted by Crippen LogP contribution is 2.36. The zero-order chi connectivity index (χ0) is 13.6. The lowest BCUT2D eigenvalue weighted by molar-refractivity contribution is -0.00370. The van der Waals surface area contributed by atoms with Crippen molar-refractivity contribution in [2.45, 2.75) is 24.7 Å². The third kappa shape index (κ3) is 1.76. The van der Waals surface area contributed by atoms with E-state index in [0.717, 1.165) is 0 Å². The standard InChI is InChI=1S/C11H15N5O3/c12-10-7-11(14-3-13-10)16(4-15-7)6-1-5(2-17)8(18)9(6)19/h3-6,8-9,17-19H,1-2H2,(H2,12,13,14)/t5-,6-,8-,9-/m1/s1. The second kappa shape index (κ2) is 4.41. The van der Waals surface area contributed by atoms with Gasteiger partial charge in [-0.3, -0.25) is 0 Å². The lowest BCUT2D eigenvalue weighted by Crippen LogP contribution is -2.30. The van der Waals surface area contributed by atoms with E-state index in [9.17, 15) is 15.3 Å². The molecule has 0 spiro atoms. The third-order valence-electron chi connectivity index (χ3n) is 3.75. The first-order valence-electron chi connectivity index (χ1n) is 6.03. The summed E-state index contributed by atoms with van der Waals surface area (Å²) in [4.78, 5) is 12.1. The molecular formula is C11H15N5O3. The van der Waals surface area contributed by atoms with Gasteiger partial charge >= 0.3 is 0 Å². The van der Waals surface area contributed by atoms with Crippen LogP contribution in [0.5, 0.6) is 0 Å². The average Bonchev–Trinajstić information content (AvgIpc) is 2.94. The van der Waals surface area contributed by atoms with E-state index in [1.807, 2.05) is 0 Å². The van der Waals surface area contributed by atoms with E-state index in [4.69, 9.17) is 5.73 Å². The monoisotopic (exact) mass is 265 g/mol. The van der Waals surface area contributed by atoms with Gasteiger partial charge in [0.05, 0.1) is 18.5 Å². The fraction of sp³-hybridized carbons (Fsp3) is 0.545. The molecule has 8 heteroatoms. The van der Waals surface area contributed by atoms with Crippen LogP contribution in [-0.2, 0) is 0 Å². The van der Waals surface area contributed by atoms with Crippen LogP contribution in [0.25, 0.3) is 11.2 Å². The second-order valence-electron chi connectivity index (χ2n) is 4.81. The molecule has 0 aliphatic heterocycles. The van der Waals surface area contributed by atoms with E-state index >= 15 is 0 Å². The van der Waals surface area contributed by atoms with Crippen molar-refractivity contribution in [2.24, 2.45) is 5.92 Å². The van der Waals surface area contributed by atoms with Gasteiger partial charge in [-0.15, -0.1) is 0 Å². The Bertz CT molecular complexity index is 601. The Hall–Kier alpha value is -1.77. The summed E-state index contributed by atoms with van der Waals surface area (Å²) in [6.45, 7) is -0.168. The highest BCUT2D eigenvalue weighted by molar-refractivity contribution is 5.81. The Morgan fingerprint density at radius 1 is 1.26 bits per heavy atom. The molecule has 4 atom stereocenters. The molecule has 0 saturated heterocycles. The van der Waals surface area contributed by atoms with Crippen molar-refractivity contribution in [3.63, 3.8) is 0 Å². The topological polar surface area (TPSA) is 130 Å². The molecule has 1 saturated carbocycles. The predicted octanol–water partition coefficient (Wildman–Crippen LogP) is -1.32. The number of nitrogen functional groups attached to an aromatic ring is 1. The van der Waals surface area contributed by atoms with Crippen molar-refractivity contribution in [1.29, 1.82) is 0 Å². The van der Waals surface area contributed by atoms with Crippen molar-refractivity contribution in [3.8, 4) is 0 Å². The van der Waals surface area contributed by atoms with Crippen molar-refractivity contribution >= 4 is 17.0 Å². The van der Waals surface area contributed by atoms with Crippen LogP contribution in [0.15, 0.2) is 12.7 Å². The molecule has 1 fully saturated rings. The van der Waals surface area contributed by atoms with Gasteiger partial charge in [0.2, 0.25) is 0 Å². The predicted molar refractivity (Wildman–Crippen MR) is 66.0 cm³/mol. The van der Waals surface area contributed by atoms with Crippen LogP contribution in [0, 0.1) is 5.92 Å². The summed E-state index contributed by atoms with van der Waals surface area (Å²) in [7, 11) is 0. The number of aliphatic hydroxyl groups excluding tert-OH is 3. The summed E-state index contributed by atoms with van der Waals surface area (Å²) in [6.07, 6.45) is 1.39. The molecule has 1 aliphatic carbocycles. The number of imidazole rings is 1. The number of anilines is 1. The summed E-state index contributed by atoms with van der Waals surface area (Å²) in [5.41, 5.74) is 6.69. The molecule has 0 unspecified atom stereocenters. The van der Waals surface area contributed by atoms with Gasteiger partial charge in [0.1, 0.15) is 17.9 Å². The molecule has 102 valence electrons. The Morgan fingerprint density at radius 2 is 2.05 bits per heavy atom. The highest BCUT2D eigenvalue weighted by atomic mass is 16.3. The molecule has 5 N–H and O–H groups in total. The van der Waals surface area contributed by atoms with Crippen molar-refractivity contribution in [1.82, 2.24) is 19.5 Å². The van der Waals surface area contributed by atoms with E-state index in [1.165, 1.54) is 12.7 Å². The van der Waals surface area contributed by atoms with Crippen LogP contribution < -0.4 is 5.73 Å². The molecule has 19 heavy (non-hydrogen) atoms. The number of nitrogens with two attached hydrogens (primary N) is 1. The Morgan fingerprint density at radius 3 is 2.74 bits per heavy atom. The second-order valence-corrected chi connectivity index (χ2v) is 4.81. The molecule has 2 heterocycles. The van der Waals surface area contributed by atoms with Crippen LogP contribution in [-0.4, -0.2) is 53.7 Å². The van der Waals surface area contributed by atoms with Crippen molar-refractivity contribution in [2.75, 3.05) is 12.3 Å². The third-order valence-corrected chi connectivity index (χ3v) is 3.75. The lowest BCUT2D eigenvalue weighted by Gasteiger charge is -2.18. The molecule has 2 aromatic rings. The smallest absolute Gasteiger partial charge is 0.165 e. The van der Waals surface area contributed by atoms with Gasteiger partial charge in [0.25, 0.3) is 0 Å². The maximum atomic E-state index is 10.1. The van der Waals surface area contributed by atoms with Gasteiger partial charge in [-0.25, -0.2) is 15.0 Å². The molecule has 0 radical (unpaired) electrons. The molecule has 8 nitrogen and oxygen atoms in total. The first kappa shape index (κ1) is 12.3. The van der Waals surface area contributed by atoms with Crippen LogP contribution in [0.2, 0.25) is 0 Å². The van der Waals surface area contributed by atoms with Crippen LogP contribution in [0.4, 0.5) is 5.82 Å². The molecule has 3 rings (SSSR count). The quantitative estimate of drug-likeness (QED) is 0.530. The minimum Gasteiger partial charge on any atom is -0.396 e. The molecular weight excluding hydrogens is 250 g/mol. The molecule has 0 bridgehead atoms. The molecule has 1 aliphatic rings. The summed E-state index contributed by atoms with van der Waals surface area (Å²) in [5.74, 6) is -0.0767. The fourth-order valence-corrected chi connectivity index (χ4v) is 2.67. The van der Waals surface area contributed by atoms with E-state index in [-0.39, 0.29) is 24.4 Å². The van der Waals surface area contributed by atoms with Gasteiger partial charge in [0.15, 0.2) is 11.5 Å². The van der Waals surface area contributed by atoms with Crippen LogP contribution >= 0.6 is 0 Å². The minimum atomic E-state index is -0.967. The summed E-state index contributed by atoms with van der Waals surface area (Å²) in [6, 6.07) is -0.383. The van der Waals surface area contributed by atoms with Crippen molar-refractivity contribution in [3.05, 3.63) is 12.7 Å². The molecule has 2 aromatic heterocycles. The first-order chi connectivity index (χ1) is 9.13. The average molecular weight is 265 g/mol. The Labute approximate surface area is 108 Å². The fourth-order valence-electron chi connectivity index (χ4n) is 2.67. The summed E-state index contributed by atoms with van der Waals surface area (Å²) >= 11 is 0. The minimum absolute atomic E-state index is 0.168. The number of nitrogens with zero attached hydrogens (tertiary/aromatic N) is 4. The SMILES string of the molecule is Nc1ncnc2c1ncn2[C@@H]1C[C@H](CO)[C@@H](O)[C@@H]1O. The first-order valence-corrected chi connectivity index (χ1v) is 6.03. The normalized spacial score (nSPS) is 31.1. The van der Waals surface area contributed by atoms with Crippen LogP contribution in [0.1, 0.15) is 12.5 Å². The van der Waals surface area contributed by atoms with E-state index in [0.29, 0.717) is 17.6 Å². The number of aromatic nitrogens is 4. The number of hydrogen-bond donors (Lipinski definition) is 4. The lowest BCUT2D eigenvalue weighted by atomic mass is 10.1. The summed E-state index contributed by atoms with van der Waals surface area (Å²) < 4.78 is 1.68. The van der Waals surface area contributed by atoms with Gasteiger partial charge in [0, 0.05) is 12.5 Å². The van der Waals surface area contributed by atoms with Crippen molar-refractivity contribution < 1.29 is 15.3 Å². The largest absolute Gasteiger partial charge is 0.396 e. The number of rotatable bonds is 2. The summed E-state index contributed by atoms with van der Waals surface area (Å²) in [5, 5.41) is 29.1. The van der Waals surface area contributed by atoms with Crippen LogP contribution in [0.3, 0.4) is 0 Å². The Balaban J connectivity index is 2.04. The van der Waals surface area contributed by atoms with E-state index < -0.39 is 12.2 Å². The highest BCUT2D eigenvalue weighted by Gasteiger charge is 2.42. The maximum absolute atomic E-state index is 10.1. The number of fused-ring (bicyclic) bond motifs is 1. The zero-order valence-corrected chi connectivity index (χ0v) is 10.1. The van der Waals surface area contributed by atoms with Gasteiger partial charge in [-0.2, -0.15) is 0 Å². The van der Waals surface area contributed by atoms with Gasteiger partial charge in [-0.05, 0) is 6.42 Å². The maximum Gasteiger partial charge on any atom is 0.165 e. The number of aliphatic hydroxyl groups is 3. The van der Waals surface area contributed by atoms with Gasteiger partial charge in [-0.1, -0.05) is 0 Å². The molecule has 0 aromatic carbocycles. The van der Waals surface area contributed by atoms with E-state index in [1.54, 1.807) is 4.57 Å². The zero-order valence-electron chi connectivity index (χ0n) is 10.1.